The van der Waals surface area contributed by atoms with Gasteiger partial charge in [-0.25, -0.2) is 18.9 Å². The molecule has 5 rings (SSSR count). The SMILES string of the molecule is CNC(=O)Nc1ccc2c(c1)CC[C@@]21OC(=O)N(CC(=O)N2[C@H](C)CC[C@@H]2c2ccc(F)cc2)C1=O. The Bertz CT molecular complexity index is 1250. The molecule has 0 radical (unpaired) electrons. The standard InChI is InChI=1S/C26H27FN4O5/c1-15-3-10-21(16-4-6-18(27)7-5-16)31(15)22(32)14-30-23(33)26(36-25(30)35)12-11-17-13-19(8-9-20(17)26)29-24(34)28-2/h4-9,13,15,21H,3,10-12,14H2,1-2H3,(H2,28,29,34)/t15-,21-,26-/m1/s1. The fourth-order valence-electron chi connectivity index (χ4n) is 5.56. The summed E-state index contributed by atoms with van der Waals surface area (Å²) in [6.07, 6.45) is 1.37. The van der Waals surface area contributed by atoms with E-state index in [0.29, 0.717) is 24.1 Å². The molecule has 0 unspecified atom stereocenters. The van der Waals surface area contributed by atoms with E-state index in [-0.39, 0.29) is 36.3 Å². The van der Waals surface area contributed by atoms with Gasteiger partial charge in [0.2, 0.25) is 11.5 Å². The van der Waals surface area contributed by atoms with Crippen LogP contribution in [0.1, 0.15) is 48.9 Å². The van der Waals surface area contributed by atoms with E-state index in [1.807, 2.05) is 6.92 Å². The van der Waals surface area contributed by atoms with E-state index in [1.54, 1.807) is 35.2 Å². The number of likely N-dealkylation sites (tertiary alicyclic amines) is 1. The second kappa shape index (κ2) is 8.92. The van der Waals surface area contributed by atoms with Gasteiger partial charge < -0.3 is 20.3 Å². The Labute approximate surface area is 207 Å². The normalized spacial score (nSPS) is 24.8. The smallest absolute Gasteiger partial charge is 0.418 e. The molecular weight excluding hydrogens is 467 g/mol. The number of amides is 5. The average molecular weight is 495 g/mol. The van der Waals surface area contributed by atoms with Gasteiger partial charge in [-0.3, -0.25) is 9.59 Å². The highest BCUT2D eigenvalue weighted by atomic mass is 19.1. The van der Waals surface area contributed by atoms with Crippen molar-refractivity contribution in [2.75, 3.05) is 18.9 Å². The minimum Gasteiger partial charge on any atom is -0.427 e. The first-order valence-corrected chi connectivity index (χ1v) is 12.0. The van der Waals surface area contributed by atoms with Gasteiger partial charge in [0.25, 0.3) is 5.91 Å². The van der Waals surface area contributed by atoms with E-state index >= 15 is 0 Å². The number of carbonyl (C=O) groups excluding carboxylic acids is 4. The lowest BCUT2D eigenvalue weighted by Crippen LogP contribution is -2.46. The number of carbonyl (C=O) groups is 4. The highest BCUT2D eigenvalue weighted by Crippen LogP contribution is 2.46. The summed E-state index contributed by atoms with van der Waals surface area (Å²) in [5.74, 6) is -1.27. The van der Waals surface area contributed by atoms with Crippen molar-refractivity contribution in [1.29, 1.82) is 0 Å². The number of hydrogen-bond acceptors (Lipinski definition) is 5. The van der Waals surface area contributed by atoms with Crippen molar-refractivity contribution in [3.8, 4) is 0 Å². The Morgan fingerprint density at radius 3 is 2.61 bits per heavy atom. The first kappa shape index (κ1) is 23.8. The van der Waals surface area contributed by atoms with Gasteiger partial charge in [0.1, 0.15) is 12.4 Å². The van der Waals surface area contributed by atoms with Crippen LogP contribution in [0.4, 0.5) is 19.7 Å². The van der Waals surface area contributed by atoms with Gasteiger partial charge in [0.05, 0.1) is 6.04 Å². The predicted molar refractivity (Wildman–Crippen MR) is 127 cm³/mol. The van der Waals surface area contributed by atoms with Crippen LogP contribution in [0.2, 0.25) is 0 Å². The number of anilines is 1. The van der Waals surface area contributed by atoms with Crippen LogP contribution in [-0.2, 0) is 26.3 Å². The monoisotopic (exact) mass is 494 g/mol. The molecule has 1 spiro atoms. The summed E-state index contributed by atoms with van der Waals surface area (Å²) in [6.45, 7) is 1.50. The van der Waals surface area contributed by atoms with Gasteiger partial charge in [-0.05, 0) is 61.6 Å². The van der Waals surface area contributed by atoms with E-state index in [0.717, 1.165) is 22.4 Å². The number of hydrogen-bond donors (Lipinski definition) is 2. The van der Waals surface area contributed by atoms with Crippen LogP contribution in [-0.4, -0.2) is 53.4 Å². The molecule has 2 aliphatic heterocycles. The Morgan fingerprint density at radius 2 is 1.89 bits per heavy atom. The van der Waals surface area contributed by atoms with E-state index in [2.05, 4.69) is 10.6 Å². The zero-order valence-electron chi connectivity index (χ0n) is 20.0. The molecule has 2 N–H and O–H groups in total. The Morgan fingerprint density at radius 1 is 1.14 bits per heavy atom. The van der Waals surface area contributed by atoms with Gasteiger partial charge in [0, 0.05) is 30.8 Å². The second-order valence-electron chi connectivity index (χ2n) is 9.46. The predicted octanol–water partition coefficient (Wildman–Crippen LogP) is 3.45. The van der Waals surface area contributed by atoms with Crippen LogP contribution in [0.25, 0.3) is 0 Å². The number of imide groups is 1. The molecule has 2 aromatic rings. The number of rotatable bonds is 4. The van der Waals surface area contributed by atoms with Gasteiger partial charge in [0.15, 0.2) is 0 Å². The molecule has 2 heterocycles. The van der Waals surface area contributed by atoms with Crippen molar-refractivity contribution in [3.05, 3.63) is 65.0 Å². The summed E-state index contributed by atoms with van der Waals surface area (Å²) in [5, 5.41) is 5.16. The minimum absolute atomic E-state index is 0.0892. The molecule has 188 valence electrons. The molecule has 9 nitrogen and oxygen atoms in total. The number of halogens is 1. The van der Waals surface area contributed by atoms with Crippen LogP contribution in [0.15, 0.2) is 42.5 Å². The Hall–Kier alpha value is -3.95. The van der Waals surface area contributed by atoms with E-state index < -0.39 is 24.1 Å². The van der Waals surface area contributed by atoms with Crippen molar-refractivity contribution < 1.29 is 28.3 Å². The highest BCUT2D eigenvalue weighted by Gasteiger charge is 2.58. The maximum absolute atomic E-state index is 13.5. The third kappa shape index (κ3) is 3.86. The second-order valence-corrected chi connectivity index (χ2v) is 9.46. The summed E-state index contributed by atoms with van der Waals surface area (Å²) in [4.78, 5) is 53.9. The third-order valence-electron chi connectivity index (χ3n) is 7.35. The van der Waals surface area contributed by atoms with E-state index in [9.17, 15) is 23.6 Å². The molecule has 2 saturated heterocycles. The van der Waals surface area contributed by atoms with Crippen LogP contribution in [0.3, 0.4) is 0 Å². The summed E-state index contributed by atoms with van der Waals surface area (Å²) in [5.41, 5.74) is 1.26. The molecule has 2 fully saturated rings. The lowest BCUT2D eigenvalue weighted by molar-refractivity contribution is -0.143. The minimum atomic E-state index is -1.47. The quantitative estimate of drug-likeness (QED) is 0.677. The van der Waals surface area contributed by atoms with Crippen molar-refractivity contribution in [2.45, 2.75) is 50.3 Å². The van der Waals surface area contributed by atoms with Crippen LogP contribution >= 0.6 is 0 Å². The molecule has 3 atom stereocenters. The maximum atomic E-state index is 13.5. The van der Waals surface area contributed by atoms with Crippen molar-refractivity contribution >= 4 is 29.6 Å². The molecule has 2 aromatic carbocycles. The number of benzene rings is 2. The number of urea groups is 1. The summed E-state index contributed by atoms with van der Waals surface area (Å²) < 4.78 is 19.1. The van der Waals surface area contributed by atoms with Crippen LogP contribution in [0.5, 0.6) is 0 Å². The van der Waals surface area contributed by atoms with Gasteiger partial charge in [-0.1, -0.05) is 18.2 Å². The fourth-order valence-corrected chi connectivity index (χ4v) is 5.56. The summed E-state index contributed by atoms with van der Waals surface area (Å²) >= 11 is 0. The molecule has 0 aromatic heterocycles. The number of ether oxygens (including phenoxy) is 1. The molecule has 0 saturated carbocycles. The van der Waals surface area contributed by atoms with Crippen LogP contribution in [0, 0.1) is 5.82 Å². The van der Waals surface area contributed by atoms with Gasteiger partial charge in [-0.15, -0.1) is 0 Å². The Kier molecular flexibility index (Phi) is 5.89. The average Bonchev–Trinajstić information content (AvgIpc) is 3.49. The summed E-state index contributed by atoms with van der Waals surface area (Å²) in [7, 11) is 1.51. The highest BCUT2D eigenvalue weighted by molar-refractivity contribution is 6.06. The zero-order valence-corrected chi connectivity index (χ0v) is 20.0. The van der Waals surface area contributed by atoms with Gasteiger partial charge in [-0.2, -0.15) is 0 Å². The van der Waals surface area contributed by atoms with Crippen molar-refractivity contribution in [3.63, 3.8) is 0 Å². The largest absolute Gasteiger partial charge is 0.427 e. The first-order chi connectivity index (χ1) is 17.2. The van der Waals surface area contributed by atoms with E-state index in [4.69, 9.17) is 4.74 Å². The molecule has 36 heavy (non-hydrogen) atoms. The molecule has 10 heteroatoms. The zero-order chi connectivity index (χ0) is 25.6. The van der Waals surface area contributed by atoms with Gasteiger partial charge >= 0.3 is 12.1 Å². The van der Waals surface area contributed by atoms with Crippen LogP contribution < -0.4 is 10.6 Å². The number of nitrogens with one attached hydrogen (secondary N) is 2. The maximum Gasteiger partial charge on any atom is 0.418 e. The third-order valence-corrected chi connectivity index (χ3v) is 7.35. The molecule has 3 aliphatic rings. The fraction of sp³-hybridized carbons (Fsp3) is 0.385. The number of aryl methyl sites for hydroxylation is 1. The van der Waals surface area contributed by atoms with Crippen molar-refractivity contribution in [2.24, 2.45) is 0 Å². The lowest BCUT2D eigenvalue weighted by Gasteiger charge is -2.30. The number of nitrogens with zero attached hydrogens (tertiary/aromatic N) is 2. The number of fused-ring (bicyclic) bond motifs is 2. The van der Waals surface area contributed by atoms with Crippen molar-refractivity contribution in [1.82, 2.24) is 15.1 Å². The molecule has 5 amide bonds. The summed E-state index contributed by atoms with van der Waals surface area (Å²) in [6, 6.07) is 10.4. The molecular formula is C26H27FN4O5. The lowest BCUT2D eigenvalue weighted by atomic mass is 9.94. The topological polar surface area (TPSA) is 108 Å². The first-order valence-electron chi connectivity index (χ1n) is 12.0. The van der Waals surface area contributed by atoms with E-state index in [1.165, 1.54) is 19.2 Å². The molecule has 0 bridgehead atoms. The molecule has 1 aliphatic carbocycles. The Balaban J connectivity index is 1.35.